The van der Waals surface area contributed by atoms with Crippen molar-refractivity contribution in [2.24, 2.45) is 0 Å². The third-order valence-electron chi connectivity index (χ3n) is 8.69. The maximum Gasteiger partial charge on any atom is 0.196 e. The molecule has 2 aromatic carbocycles. The van der Waals surface area contributed by atoms with Crippen LogP contribution in [0.2, 0.25) is 0 Å². The molecule has 0 bridgehead atoms. The van der Waals surface area contributed by atoms with Crippen molar-refractivity contribution >= 4 is 40.2 Å². The molecule has 1 unspecified atom stereocenters. The molecule has 4 N–H and O–H groups in total. The average Bonchev–Trinajstić information content (AvgIpc) is 3.22. The summed E-state index contributed by atoms with van der Waals surface area (Å²) in [4.78, 5) is 16.2. The molecule has 0 spiro atoms. The Labute approximate surface area is 277 Å². The highest BCUT2D eigenvalue weighted by molar-refractivity contribution is 14.1. The van der Waals surface area contributed by atoms with E-state index in [0.717, 1.165) is 48.5 Å². The number of benzene rings is 2. The fourth-order valence-electron chi connectivity index (χ4n) is 6.26. The Kier molecular flexibility index (Phi) is 11.9. The topological polar surface area (TPSA) is 87.6 Å². The lowest BCUT2D eigenvalue weighted by Crippen LogP contribution is -2.77. The highest BCUT2D eigenvalue weighted by Crippen LogP contribution is 2.48. The number of allylic oxidation sites excluding steroid dienone is 5. The number of halogens is 1. The molecule has 0 fully saturated rings. The molecule has 4 rings (SSSR count). The number of likely N-dealkylation sites (N-methyl/N-ethyl adjacent to an activating group) is 1. The van der Waals surface area contributed by atoms with E-state index in [4.69, 9.17) is 7.80 Å². The summed E-state index contributed by atoms with van der Waals surface area (Å²) in [7, 11) is 0. The van der Waals surface area contributed by atoms with Gasteiger partial charge >= 0.3 is 0 Å². The quantitative estimate of drug-likeness (QED) is 0.0889. The Morgan fingerprint density at radius 2 is 1.84 bits per heavy atom. The molecule has 0 saturated heterocycles. The van der Waals surface area contributed by atoms with Crippen LogP contribution in [0.25, 0.3) is 0 Å². The summed E-state index contributed by atoms with van der Waals surface area (Å²) in [6.45, 7) is 16.7. The zero-order valence-corrected chi connectivity index (χ0v) is 29.2. The molecule has 1 aliphatic heterocycles. The largest absolute Gasteiger partial charge is 0.388 e. The highest BCUT2D eigenvalue weighted by atomic mass is 127. The van der Waals surface area contributed by atoms with Crippen LogP contribution in [0.1, 0.15) is 65.5 Å². The number of carbonyl (C=O) groups excluding carboxylic acids is 1. The number of nitrogens with zero attached hydrogens (tertiary/aromatic N) is 1. The van der Waals surface area contributed by atoms with Crippen LogP contribution in [0, 0.1) is 0 Å². The van der Waals surface area contributed by atoms with Crippen molar-refractivity contribution in [3.8, 4) is 0 Å². The Morgan fingerprint density at radius 3 is 2.57 bits per heavy atom. The number of aliphatic hydroxyl groups excluding tert-OH is 1. The maximum absolute atomic E-state index is 13.8. The Bertz CT molecular complexity index is 1410. The minimum Gasteiger partial charge on any atom is -0.388 e. The van der Waals surface area contributed by atoms with Gasteiger partial charge in [0.15, 0.2) is 5.78 Å². The second-order valence-electron chi connectivity index (χ2n) is 12.7. The zero-order chi connectivity index (χ0) is 31.9. The number of para-hydroxylation sites is 2. The number of ether oxygens (including phenoxy) is 1. The van der Waals surface area contributed by atoms with E-state index in [2.05, 4.69) is 118 Å². The van der Waals surface area contributed by atoms with Crippen molar-refractivity contribution in [2.45, 2.75) is 71.3 Å². The zero-order valence-electron chi connectivity index (χ0n) is 27.1. The lowest BCUT2D eigenvalue weighted by atomic mass is 9.76. The summed E-state index contributed by atoms with van der Waals surface area (Å²) < 4.78 is 10.6. The Morgan fingerprint density at radius 1 is 1.11 bits per heavy atom. The number of anilines is 1. The van der Waals surface area contributed by atoms with Crippen LogP contribution in [0.5, 0.6) is 0 Å². The highest BCUT2D eigenvalue weighted by Gasteiger charge is 2.41. The van der Waals surface area contributed by atoms with E-state index in [1.54, 1.807) is 23.0 Å². The van der Waals surface area contributed by atoms with Gasteiger partial charge in [-0.05, 0) is 55.9 Å². The normalized spacial score (nSPS) is 18.6. The lowest BCUT2D eigenvalue weighted by molar-refractivity contribution is -0.568. The number of hydrogen-bond donors (Lipinski definition) is 3. The van der Waals surface area contributed by atoms with Crippen molar-refractivity contribution in [3.63, 3.8) is 0 Å². The number of fused-ring (bicyclic) bond motifs is 1. The molecule has 0 radical (unpaired) electrons. The first kappa shape index (κ1) is 34.4. The fraction of sp³-hybridized carbons (Fsp3) is 0.472. The minimum atomic E-state index is -0.636. The summed E-state index contributed by atoms with van der Waals surface area (Å²) in [6.07, 6.45) is 5.09. The SMILES string of the molecule is CC[NH2+]c1ccccc1C(C)(C)C/C=C1\C(=O)C(/C=C2/N(CC)c3ccccc3C2(C)C)=C1NCCCOCC(O)COI. The molecule has 0 saturated carbocycles. The number of rotatable bonds is 16. The van der Waals surface area contributed by atoms with Crippen molar-refractivity contribution in [3.05, 3.63) is 94.4 Å². The molecule has 1 aliphatic carbocycles. The average molecular weight is 715 g/mol. The van der Waals surface area contributed by atoms with Crippen LogP contribution in [0.15, 0.2) is 83.2 Å². The molecule has 0 amide bonds. The van der Waals surface area contributed by atoms with Gasteiger partial charge in [0.1, 0.15) is 34.8 Å². The van der Waals surface area contributed by atoms with E-state index in [9.17, 15) is 9.90 Å². The Balaban J connectivity index is 1.61. The molecule has 238 valence electrons. The van der Waals surface area contributed by atoms with Crippen molar-refractivity contribution in [1.82, 2.24) is 5.32 Å². The van der Waals surface area contributed by atoms with Crippen LogP contribution in [0.4, 0.5) is 11.4 Å². The second kappa shape index (κ2) is 15.2. The van der Waals surface area contributed by atoms with Crippen LogP contribution in [-0.2, 0) is 23.4 Å². The molecular weight excluding hydrogens is 665 g/mol. The predicted molar refractivity (Wildman–Crippen MR) is 186 cm³/mol. The Hall–Kier alpha value is -2.50. The van der Waals surface area contributed by atoms with Gasteiger partial charge in [-0.1, -0.05) is 70.2 Å². The molecule has 8 heteroatoms. The number of aliphatic hydroxyl groups is 1. The molecule has 1 heterocycles. The van der Waals surface area contributed by atoms with Gasteiger partial charge in [-0.3, -0.25) is 4.79 Å². The molecule has 1 atom stereocenters. The number of nitrogens with one attached hydrogen (secondary N) is 1. The van der Waals surface area contributed by atoms with Gasteiger partial charge < -0.3 is 28.4 Å². The van der Waals surface area contributed by atoms with Gasteiger partial charge in [0.2, 0.25) is 0 Å². The second-order valence-corrected chi connectivity index (χ2v) is 13.3. The summed E-state index contributed by atoms with van der Waals surface area (Å²) in [5.74, 6) is 0.0881. The number of ketones is 1. The van der Waals surface area contributed by atoms with Gasteiger partial charge in [0.05, 0.1) is 25.5 Å². The summed E-state index contributed by atoms with van der Waals surface area (Å²) in [5, 5.41) is 15.7. The predicted octanol–water partition coefficient (Wildman–Crippen LogP) is 5.76. The summed E-state index contributed by atoms with van der Waals surface area (Å²) >= 11 is 1.77. The smallest absolute Gasteiger partial charge is 0.196 e. The molecule has 0 aromatic heterocycles. The number of carbonyl (C=O) groups is 1. The number of Topliss-reactive ketones (excluding diaryl/α,β-unsaturated/α-hetero) is 1. The van der Waals surface area contributed by atoms with Crippen LogP contribution in [-0.4, -0.2) is 56.4 Å². The molecule has 44 heavy (non-hydrogen) atoms. The van der Waals surface area contributed by atoms with E-state index in [1.165, 1.54) is 22.5 Å². The van der Waals surface area contributed by atoms with E-state index in [-0.39, 0.29) is 29.8 Å². The van der Waals surface area contributed by atoms with E-state index in [0.29, 0.717) is 13.2 Å². The third-order valence-corrected chi connectivity index (χ3v) is 9.05. The van der Waals surface area contributed by atoms with Crippen LogP contribution >= 0.6 is 23.0 Å². The van der Waals surface area contributed by atoms with Gasteiger partial charge in [0, 0.05) is 53.2 Å². The van der Waals surface area contributed by atoms with E-state index >= 15 is 0 Å². The number of quaternary nitrogens is 1. The standard InChI is InChI=1S/C36H48IN3O4/c1-7-38-30-16-11-9-14-28(30)35(3,4)19-18-26-33(39-20-13-21-43-23-25(41)24-44-37)27(34(26)42)22-32-36(5,6)29-15-10-12-17-31(29)40(32)8-2/h9-12,14-18,22,25,38-39,41H,7-8,13,19-21,23-24H2,1-6H3/p+1/b26-18-,32-22+. The van der Waals surface area contributed by atoms with Crippen molar-refractivity contribution in [1.29, 1.82) is 0 Å². The first-order valence-electron chi connectivity index (χ1n) is 15.8. The van der Waals surface area contributed by atoms with E-state index < -0.39 is 6.10 Å². The molecular formula is C36H49IN3O4+. The summed E-state index contributed by atoms with van der Waals surface area (Å²) in [6, 6.07) is 17.1. The van der Waals surface area contributed by atoms with Crippen LogP contribution < -0.4 is 15.5 Å². The molecule has 2 aliphatic rings. The van der Waals surface area contributed by atoms with Gasteiger partial charge in [-0.15, -0.1) is 0 Å². The molecule has 2 aromatic rings. The fourth-order valence-corrected chi connectivity index (χ4v) is 6.68. The summed E-state index contributed by atoms with van der Waals surface area (Å²) in [5.41, 5.74) is 8.23. The first-order chi connectivity index (χ1) is 21.1. The number of hydrogen-bond acceptors (Lipinski definition) is 6. The van der Waals surface area contributed by atoms with Crippen molar-refractivity contribution in [2.75, 3.05) is 44.4 Å². The van der Waals surface area contributed by atoms with Gasteiger partial charge in [-0.2, -0.15) is 0 Å². The van der Waals surface area contributed by atoms with Gasteiger partial charge in [0.25, 0.3) is 0 Å². The van der Waals surface area contributed by atoms with Gasteiger partial charge in [-0.25, -0.2) is 0 Å². The van der Waals surface area contributed by atoms with Crippen molar-refractivity contribution < 1.29 is 23.0 Å². The first-order valence-corrected chi connectivity index (χ1v) is 16.7. The lowest BCUT2D eigenvalue weighted by Gasteiger charge is -2.31. The monoisotopic (exact) mass is 714 g/mol. The number of nitrogens with two attached hydrogens (primary N) is 1. The minimum absolute atomic E-state index is 0.0881. The third kappa shape index (κ3) is 7.48. The van der Waals surface area contributed by atoms with Crippen LogP contribution in [0.3, 0.4) is 0 Å². The maximum atomic E-state index is 13.8. The van der Waals surface area contributed by atoms with E-state index in [1.807, 2.05) is 0 Å². The molecule has 7 nitrogen and oxygen atoms in total.